The van der Waals surface area contributed by atoms with Crippen molar-refractivity contribution in [3.8, 4) is 0 Å². The fourth-order valence-corrected chi connectivity index (χ4v) is 4.66. The summed E-state index contributed by atoms with van der Waals surface area (Å²) in [6.45, 7) is 7.56. The monoisotopic (exact) mass is 402 g/mol. The molecule has 8 nitrogen and oxygen atoms in total. The number of carbonyl (C=O) groups excluding carboxylic acids is 2. The van der Waals surface area contributed by atoms with E-state index in [1.54, 1.807) is 22.0 Å². The second-order valence-electron chi connectivity index (χ2n) is 8.14. The maximum Gasteiger partial charge on any atom is 0.230 e. The first-order chi connectivity index (χ1) is 14.3. The summed E-state index contributed by atoms with van der Waals surface area (Å²) in [4.78, 5) is 48.3. The van der Waals surface area contributed by atoms with Gasteiger partial charge in [-0.05, 0) is 39.8 Å². The summed E-state index contributed by atoms with van der Waals surface area (Å²) in [7, 11) is 0. The predicted molar refractivity (Wildman–Crippen MR) is 111 cm³/mol. The number of aryl methyl sites for hydroxylation is 4. The second-order valence-corrected chi connectivity index (χ2v) is 8.14. The van der Waals surface area contributed by atoms with Crippen LogP contribution in [0.5, 0.6) is 0 Å². The van der Waals surface area contributed by atoms with Crippen LogP contribution in [0.25, 0.3) is 0 Å². The second kappa shape index (κ2) is 6.55. The fraction of sp³-hybridized carbons (Fsp3) is 0.364. The van der Waals surface area contributed by atoms with Crippen LogP contribution in [0.1, 0.15) is 22.8 Å². The van der Waals surface area contributed by atoms with Gasteiger partial charge in [0.05, 0.1) is 11.8 Å². The van der Waals surface area contributed by atoms with Gasteiger partial charge in [-0.25, -0.2) is 19.9 Å². The van der Waals surface area contributed by atoms with Crippen LogP contribution in [0.3, 0.4) is 0 Å². The number of anilines is 2. The Labute approximate surface area is 174 Å². The van der Waals surface area contributed by atoms with Crippen molar-refractivity contribution in [3.05, 3.63) is 59.5 Å². The highest BCUT2D eigenvalue weighted by molar-refractivity contribution is 6.09. The quantitative estimate of drug-likeness (QED) is 0.753. The van der Waals surface area contributed by atoms with Gasteiger partial charge in [0.1, 0.15) is 12.1 Å². The van der Waals surface area contributed by atoms with E-state index >= 15 is 0 Å². The largest absolute Gasteiger partial charge is 0.306 e. The number of hydrogen-bond acceptors (Lipinski definition) is 8. The lowest BCUT2D eigenvalue weighted by Crippen LogP contribution is -2.65. The van der Waals surface area contributed by atoms with Crippen molar-refractivity contribution < 1.29 is 9.59 Å². The number of aromatic nitrogens is 4. The topological polar surface area (TPSA) is 92.2 Å². The van der Waals surface area contributed by atoms with Gasteiger partial charge in [-0.1, -0.05) is 12.2 Å². The van der Waals surface area contributed by atoms with Crippen molar-refractivity contribution in [1.82, 2.24) is 19.9 Å². The molecule has 8 heteroatoms. The molecule has 1 aliphatic carbocycles. The molecule has 0 aromatic carbocycles. The van der Waals surface area contributed by atoms with Crippen LogP contribution in [-0.2, 0) is 9.59 Å². The highest BCUT2D eigenvalue weighted by atomic mass is 16.1. The fourth-order valence-electron chi connectivity index (χ4n) is 4.66. The van der Waals surface area contributed by atoms with Crippen molar-refractivity contribution in [3.63, 3.8) is 0 Å². The third kappa shape index (κ3) is 2.74. The summed E-state index contributed by atoms with van der Waals surface area (Å²) in [6, 6.07) is 2.49. The van der Waals surface area contributed by atoms with E-state index in [1.807, 2.05) is 52.2 Å². The molecule has 3 aliphatic rings. The van der Waals surface area contributed by atoms with Crippen molar-refractivity contribution in [2.75, 3.05) is 9.80 Å². The summed E-state index contributed by atoms with van der Waals surface area (Å²) in [5, 5.41) is 0. The third-order valence-corrected chi connectivity index (χ3v) is 5.83. The van der Waals surface area contributed by atoms with Gasteiger partial charge in [-0.2, -0.15) is 0 Å². The van der Waals surface area contributed by atoms with Gasteiger partial charge in [-0.3, -0.25) is 9.59 Å². The molecule has 1 fully saturated rings. The van der Waals surface area contributed by atoms with Crippen LogP contribution in [-0.4, -0.2) is 43.6 Å². The van der Waals surface area contributed by atoms with E-state index in [1.165, 1.54) is 0 Å². The molecular weight excluding hydrogens is 380 g/mol. The Morgan fingerprint density at radius 3 is 1.30 bits per heavy atom. The zero-order valence-corrected chi connectivity index (χ0v) is 17.3. The van der Waals surface area contributed by atoms with E-state index < -0.39 is 23.9 Å². The molecule has 0 radical (unpaired) electrons. The zero-order chi connectivity index (χ0) is 21.2. The molecule has 5 rings (SSSR count). The first-order valence-electron chi connectivity index (χ1n) is 9.99. The molecular formula is C22H22N6O2. The Bertz CT molecular complexity index is 1010. The lowest BCUT2D eigenvalue weighted by Gasteiger charge is -2.48. The Morgan fingerprint density at radius 1 is 0.633 bits per heavy atom. The van der Waals surface area contributed by atoms with Gasteiger partial charge in [0, 0.05) is 35.2 Å². The van der Waals surface area contributed by atoms with E-state index in [0.29, 0.717) is 11.9 Å². The molecule has 0 spiro atoms. The number of Topliss-reactive ketones (excluding diaryl/α,β-unsaturated/α-hetero) is 2. The summed E-state index contributed by atoms with van der Waals surface area (Å²) in [6.07, 6.45) is 7.26. The summed E-state index contributed by atoms with van der Waals surface area (Å²) in [5.41, 5.74) is 3.27. The summed E-state index contributed by atoms with van der Waals surface area (Å²) >= 11 is 0. The summed E-state index contributed by atoms with van der Waals surface area (Å²) < 4.78 is 0. The van der Waals surface area contributed by atoms with Crippen molar-refractivity contribution in [1.29, 1.82) is 0 Å². The molecule has 0 N–H and O–H groups in total. The van der Waals surface area contributed by atoms with Gasteiger partial charge < -0.3 is 9.80 Å². The molecule has 152 valence electrons. The predicted octanol–water partition coefficient (Wildman–Crippen LogP) is 1.99. The highest BCUT2D eigenvalue weighted by Gasteiger charge is 2.56. The first-order valence-corrected chi connectivity index (χ1v) is 9.99. The van der Waals surface area contributed by atoms with Gasteiger partial charge in [0.25, 0.3) is 0 Å². The van der Waals surface area contributed by atoms with E-state index in [9.17, 15) is 9.59 Å². The van der Waals surface area contributed by atoms with Crippen LogP contribution >= 0.6 is 0 Å². The zero-order valence-electron chi connectivity index (χ0n) is 17.3. The number of rotatable bonds is 2. The molecule has 30 heavy (non-hydrogen) atoms. The molecule has 4 heterocycles. The molecule has 4 bridgehead atoms. The molecule has 0 amide bonds. The lowest BCUT2D eigenvalue weighted by atomic mass is 9.69. The Balaban J connectivity index is 1.58. The van der Waals surface area contributed by atoms with E-state index in [0.717, 1.165) is 22.8 Å². The van der Waals surface area contributed by atoms with Gasteiger partial charge in [-0.15, -0.1) is 0 Å². The average Bonchev–Trinajstić information content (AvgIpc) is 2.66. The molecule has 2 aromatic rings. The van der Waals surface area contributed by atoms with E-state index in [2.05, 4.69) is 19.9 Å². The molecule has 2 aliphatic heterocycles. The molecule has 2 aromatic heterocycles. The number of hydrogen-bond donors (Lipinski definition) is 0. The van der Waals surface area contributed by atoms with Crippen molar-refractivity contribution in [2.24, 2.45) is 11.8 Å². The molecule has 4 atom stereocenters. The molecule has 4 unspecified atom stereocenters. The normalized spacial score (nSPS) is 27.1. The summed E-state index contributed by atoms with van der Waals surface area (Å²) in [5.74, 6) is -0.242. The number of carbonyl (C=O) groups is 2. The van der Waals surface area contributed by atoms with Gasteiger partial charge in [0.2, 0.25) is 11.9 Å². The minimum absolute atomic E-state index is 0.00594. The average molecular weight is 402 g/mol. The standard InChI is InChI=1S/C22H22N6O2/c1-11-9-12(2)24-21(23-11)27-7-5-16-18-20(30)15(17(27)19(16)29)6-8-28(18)22-25-13(3)10-14(4)26-22/h5-10,15-18H,1-4H3. The molecule has 1 saturated carbocycles. The Hall–Kier alpha value is -3.42. The lowest BCUT2D eigenvalue weighted by molar-refractivity contribution is -0.137. The number of nitrogens with zero attached hydrogens (tertiary/aromatic N) is 6. The Morgan fingerprint density at radius 2 is 0.967 bits per heavy atom. The maximum atomic E-state index is 13.4. The van der Waals surface area contributed by atoms with Crippen LogP contribution < -0.4 is 9.80 Å². The minimum Gasteiger partial charge on any atom is -0.306 e. The minimum atomic E-state index is -0.636. The smallest absolute Gasteiger partial charge is 0.230 e. The van der Waals surface area contributed by atoms with E-state index in [4.69, 9.17) is 0 Å². The highest BCUT2D eigenvalue weighted by Crippen LogP contribution is 2.40. The van der Waals surface area contributed by atoms with Gasteiger partial charge in [0.15, 0.2) is 11.6 Å². The van der Waals surface area contributed by atoms with Crippen LogP contribution in [0, 0.1) is 39.5 Å². The SMILES string of the molecule is Cc1cc(C)nc(N2C=CC3C(=O)C2C2C=CN(c4nc(C)cc(C)n4)C3C2=O)n1. The van der Waals surface area contributed by atoms with Crippen molar-refractivity contribution in [2.45, 2.75) is 39.8 Å². The van der Waals surface area contributed by atoms with Crippen molar-refractivity contribution >= 4 is 23.5 Å². The molecule has 0 saturated heterocycles. The Kier molecular flexibility index (Phi) is 4.06. The van der Waals surface area contributed by atoms with Gasteiger partial charge >= 0.3 is 0 Å². The van der Waals surface area contributed by atoms with Crippen LogP contribution in [0.15, 0.2) is 36.7 Å². The number of ketones is 2. The third-order valence-electron chi connectivity index (χ3n) is 5.83. The van der Waals surface area contributed by atoms with E-state index in [-0.39, 0.29) is 11.6 Å². The number of fused-ring (bicyclic) bond motifs is 6. The van der Waals surface area contributed by atoms with Crippen LogP contribution in [0.2, 0.25) is 0 Å². The van der Waals surface area contributed by atoms with Crippen LogP contribution in [0.4, 0.5) is 11.9 Å². The maximum absolute atomic E-state index is 13.4. The first kappa shape index (κ1) is 18.6.